The number of fused-ring (bicyclic) bond motifs is 1. The van der Waals surface area contributed by atoms with E-state index in [0.717, 1.165) is 56.3 Å². The Bertz CT molecular complexity index is 1270. The van der Waals surface area contributed by atoms with Gasteiger partial charge in [0.05, 0.1) is 17.3 Å². The number of carbonyl (C=O) groups is 2. The van der Waals surface area contributed by atoms with Gasteiger partial charge in [-0.1, -0.05) is 47.7 Å². The van der Waals surface area contributed by atoms with E-state index in [1.807, 2.05) is 54.6 Å². The maximum atomic E-state index is 12.2. The van der Waals surface area contributed by atoms with Crippen LogP contribution in [0, 0.1) is 5.92 Å². The molecule has 0 amide bonds. The SMILES string of the molecule is COc1ccc2nc(Nc3ccc(-c4ccc(C(=O)C5CC5)cc4)cc3)sc2c1.O=C(O)O. The molecule has 1 aliphatic carbocycles. The Morgan fingerprint density at radius 2 is 1.58 bits per heavy atom. The average Bonchev–Trinajstić information content (AvgIpc) is 3.58. The summed E-state index contributed by atoms with van der Waals surface area (Å²) in [6.45, 7) is 0. The second kappa shape index (κ2) is 9.70. The van der Waals surface area contributed by atoms with Crippen LogP contribution >= 0.6 is 11.3 Å². The summed E-state index contributed by atoms with van der Waals surface area (Å²) in [5.41, 5.74) is 4.99. The first-order valence-corrected chi connectivity index (χ1v) is 11.1. The maximum absolute atomic E-state index is 12.2. The predicted octanol–water partition coefficient (Wildman–Crippen LogP) is 6.53. The van der Waals surface area contributed by atoms with Gasteiger partial charge < -0.3 is 20.3 Å². The highest BCUT2D eigenvalue weighted by Crippen LogP contribution is 2.34. The zero-order valence-corrected chi connectivity index (χ0v) is 18.6. The first-order valence-electron chi connectivity index (χ1n) is 10.3. The molecule has 33 heavy (non-hydrogen) atoms. The second-order valence-electron chi connectivity index (χ2n) is 7.55. The summed E-state index contributed by atoms with van der Waals surface area (Å²) in [6, 6.07) is 22.1. The summed E-state index contributed by atoms with van der Waals surface area (Å²) < 4.78 is 6.37. The Morgan fingerprint density at radius 1 is 0.970 bits per heavy atom. The van der Waals surface area contributed by atoms with Crippen LogP contribution in [0.3, 0.4) is 0 Å². The quantitative estimate of drug-likeness (QED) is 0.279. The van der Waals surface area contributed by atoms with E-state index in [0.29, 0.717) is 0 Å². The van der Waals surface area contributed by atoms with Gasteiger partial charge in [0.25, 0.3) is 0 Å². The van der Waals surface area contributed by atoms with Crippen molar-refractivity contribution in [3.63, 3.8) is 0 Å². The predicted molar refractivity (Wildman–Crippen MR) is 129 cm³/mol. The van der Waals surface area contributed by atoms with Crippen LogP contribution in [0.1, 0.15) is 23.2 Å². The van der Waals surface area contributed by atoms with Crippen molar-refractivity contribution in [1.82, 2.24) is 4.98 Å². The number of Topliss-reactive ketones (excluding diaryl/α,β-unsaturated/α-hetero) is 1. The third kappa shape index (κ3) is 5.67. The molecule has 0 radical (unpaired) electrons. The highest BCUT2D eigenvalue weighted by Gasteiger charge is 2.30. The summed E-state index contributed by atoms with van der Waals surface area (Å²) in [6.07, 6.45) is 0.245. The minimum atomic E-state index is -1.83. The van der Waals surface area contributed by atoms with E-state index >= 15 is 0 Å². The van der Waals surface area contributed by atoms with Crippen LogP contribution in [-0.2, 0) is 0 Å². The molecule has 1 saturated carbocycles. The lowest BCUT2D eigenvalue weighted by atomic mass is 10.0. The first-order chi connectivity index (χ1) is 15.9. The van der Waals surface area contributed by atoms with Crippen molar-refractivity contribution < 1.29 is 24.5 Å². The summed E-state index contributed by atoms with van der Waals surface area (Å²) in [7, 11) is 1.67. The number of nitrogens with zero attached hydrogens (tertiary/aromatic N) is 1. The molecule has 4 aromatic rings. The topological polar surface area (TPSA) is 109 Å². The van der Waals surface area contributed by atoms with Gasteiger partial charge in [0, 0.05) is 17.2 Å². The minimum absolute atomic E-state index is 0.259. The third-order valence-corrected chi connectivity index (χ3v) is 6.12. The van der Waals surface area contributed by atoms with Crippen molar-refractivity contribution in [2.24, 2.45) is 5.92 Å². The summed E-state index contributed by atoms with van der Waals surface area (Å²) in [5, 5.41) is 18.2. The van der Waals surface area contributed by atoms with Crippen molar-refractivity contribution in [2.45, 2.75) is 12.8 Å². The van der Waals surface area contributed by atoms with E-state index in [4.69, 9.17) is 19.7 Å². The molecule has 0 atom stereocenters. The fourth-order valence-corrected chi connectivity index (χ4v) is 4.28. The van der Waals surface area contributed by atoms with Crippen LogP contribution in [0.2, 0.25) is 0 Å². The lowest BCUT2D eigenvalue weighted by Gasteiger charge is -2.06. The molecule has 3 N–H and O–H groups in total. The molecule has 8 heteroatoms. The van der Waals surface area contributed by atoms with Crippen LogP contribution in [0.4, 0.5) is 15.6 Å². The fourth-order valence-electron chi connectivity index (χ4n) is 3.36. The number of methoxy groups -OCH3 is 1. The van der Waals surface area contributed by atoms with Gasteiger partial charge in [0.15, 0.2) is 10.9 Å². The van der Waals surface area contributed by atoms with E-state index in [-0.39, 0.29) is 11.7 Å². The van der Waals surface area contributed by atoms with Gasteiger partial charge in [0.2, 0.25) is 0 Å². The number of ketones is 1. The van der Waals surface area contributed by atoms with Gasteiger partial charge in [-0.05, 0) is 54.3 Å². The van der Waals surface area contributed by atoms with Crippen LogP contribution < -0.4 is 10.1 Å². The third-order valence-electron chi connectivity index (χ3n) is 5.18. The Balaban J connectivity index is 0.000000601. The molecule has 1 aromatic heterocycles. The number of benzene rings is 3. The molecule has 0 aliphatic heterocycles. The van der Waals surface area contributed by atoms with Gasteiger partial charge in [-0.2, -0.15) is 0 Å². The van der Waals surface area contributed by atoms with E-state index in [1.165, 1.54) is 0 Å². The Morgan fingerprint density at radius 3 is 2.15 bits per heavy atom. The van der Waals surface area contributed by atoms with Crippen molar-refractivity contribution in [2.75, 3.05) is 12.4 Å². The minimum Gasteiger partial charge on any atom is -0.497 e. The molecule has 3 aromatic carbocycles. The number of nitrogens with one attached hydrogen (secondary N) is 1. The first kappa shape index (κ1) is 22.3. The van der Waals surface area contributed by atoms with Gasteiger partial charge in [-0.25, -0.2) is 9.78 Å². The van der Waals surface area contributed by atoms with E-state index in [9.17, 15) is 4.79 Å². The van der Waals surface area contributed by atoms with Gasteiger partial charge >= 0.3 is 6.16 Å². The number of aromatic nitrogens is 1. The molecule has 1 fully saturated rings. The normalized spacial score (nSPS) is 12.5. The molecule has 0 spiro atoms. The lowest BCUT2D eigenvalue weighted by molar-refractivity contribution is 0.0967. The highest BCUT2D eigenvalue weighted by atomic mass is 32.1. The van der Waals surface area contributed by atoms with E-state index in [2.05, 4.69) is 22.4 Å². The van der Waals surface area contributed by atoms with Gasteiger partial charge in [-0.3, -0.25) is 4.79 Å². The Labute approximate surface area is 194 Å². The molecule has 7 nitrogen and oxygen atoms in total. The van der Waals surface area contributed by atoms with Crippen LogP contribution in [0.15, 0.2) is 66.7 Å². The Hall–Kier alpha value is -3.91. The molecular formula is C25H22N2O5S. The molecule has 1 aliphatic rings. The highest BCUT2D eigenvalue weighted by molar-refractivity contribution is 7.22. The monoisotopic (exact) mass is 462 g/mol. The van der Waals surface area contributed by atoms with E-state index in [1.54, 1.807) is 18.4 Å². The fraction of sp³-hybridized carbons (Fsp3) is 0.160. The van der Waals surface area contributed by atoms with Crippen molar-refractivity contribution >= 4 is 44.3 Å². The number of rotatable bonds is 6. The summed E-state index contributed by atoms with van der Waals surface area (Å²) in [5.74, 6) is 1.38. The number of ether oxygens (including phenoxy) is 1. The lowest BCUT2D eigenvalue weighted by Crippen LogP contribution is -2.00. The average molecular weight is 463 g/mol. The molecule has 1 heterocycles. The number of thiazole rings is 1. The van der Waals surface area contributed by atoms with Crippen LogP contribution in [0.25, 0.3) is 21.3 Å². The van der Waals surface area contributed by atoms with Gasteiger partial charge in [-0.15, -0.1) is 0 Å². The second-order valence-corrected chi connectivity index (χ2v) is 8.58. The summed E-state index contributed by atoms with van der Waals surface area (Å²) >= 11 is 1.60. The number of carboxylic acid groups (broad SMARTS) is 2. The summed E-state index contributed by atoms with van der Waals surface area (Å²) in [4.78, 5) is 25.3. The molecule has 0 saturated heterocycles. The number of anilines is 2. The van der Waals surface area contributed by atoms with Crippen molar-refractivity contribution in [3.8, 4) is 16.9 Å². The van der Waals surface area contributed by atoms with E-state index < -0.39 is 6.16 Å². The largest absolute Gasteiger partial charge is 0.503 e. The molecule has 0 unspecified atom stereocenters. The van der Waals surface area contributed by atoms with Crippen LogP contribution in [0.5, 0.6) is 5.75 Å². The van der Waals surface area contributed by atoms with Crippen molar-refractivity contribution in [3.05, 3.63) is 72.3 Å². The Kier molecular flexibility index (Phi) is 6.55. The zero-order valence-electron chi connectivity index (χ0n) is 17.8. The standard InChI is InChI=1S/C24H20N2O2S.CH2O3/c1-28-20-12-13-21-22(14-20)29-24(26-21)25-19-10-8-16(9-11-19)15-2-4-17(5-3-15)23(27)18-6-7-18;2-1(3)4/h2-5,8-14,18H,6-7H2,1H3,(H,25,26);(H2,2,3,4). The molecule has 5 rings (SSSR count). The van der Waals surface area contributed by atoms with Crippen LogP contribution in [-0.4, -0.2) is 34.2 Å². The number of hydrogen-bond donors (Lipinski definition) is 3. The molecule has 0 bridgehead atoms. The molecule has 168 valence electrons. The van der Waals surface area contributed by atoms with Crippen molar-refractivity contribution in [1.29, 1.82) is 0 Å². The number of hydrogen-bond acceptors (Lipinski definition) is 6. The smallest absolute Gasteiger partial charge is 0.497 e. The number of carbonyl (C=O) groups excluding carboxylic acids is 1. The van der Waals surface area contributed by atoms with Gasteiger partial charge in [0.1, 0.15) is 5.75 Å². The molecular weight excluding hydrogens is 440 g/mol. The zero-order chi connectivity index (χ0) is 23.4. The maximum Gasteiger partial charge on any atom is 0.503 e.